The molecule has 1 N–H and O–H groups in total. The topological polar surface area (TPSA) is 110 Å². The summed E-state index contributed by atoms with van der Waals surface area (Å²) in [5.41, 5.74) is 1.42. The molecular formula is C24H22F4N6O3. The van der Waals surface area contributed by atoms with Crippen molar-refractivity contribution in [2.75, 3.05) is 27.2 Å². The van der Waals surface area contributed by atoms with Crippen LogP contribution in [0.2, 0.25) is 0 Å². The van der Waals surface area contributed by atoms with Crippen LogP contribution in [0.5, 0.6) is 0 Å². The molecule has 13 heteroatoms. The van der Waals surface area contributed by atoms with Crippen molar-refractivity contribution in [3.8, 4) is 22.8 Å². The molecule has 0 fully saturated rings. The molecule has 0 aliphatic carbocycles. The quantitative estimate of drug-likeness (QED) is 0.325. The van der Waals surface area contributed by atoms with Crippen molar-refractivity contribution in [3.63, 3.8) is 0 Å². The van der Waals surface area contributed by atoms with Crippen LogP contribution in [0.15, 0.2) is 57.9 Å². The zero-order valence-electron chi connectivity index (χ0n) is 19.8. The van der Waals surface area contributed by atoms with Crippen molar-refractivity contribution in [3.05, 3.63) is 72.0 Å². The maximum absolute atomic E-state index is 13.2. The third kappa shape index (κ3) is 6.55. The van der Waals surface area contributed by atoms with Crippen LogP contribution in [0.1, 0.15) is 34.3 Å². The van der Waals surface area contributed by atoms with Gasteiger partial charge in [-0.15, -0.1) is 0 Å². The highest BCUT2D eigenvalue weighted by molar-refractivity contribution is 5.94. The summed E-state index contributed by atoms with van der Waals surface area (Å²) in [6, 6.07) is 7.06. The number of pyridine rings is 1. The summed E-state index contributed by atoms with van der Waals surface area (Å²) >= 11 is 0. The van der Waals surface area contributed by atoms with E-state index in [0.29, 0.717) is 30.1 Å². The van der Waals surface area contributed by atoms with Crippen LogP contribution < -0.4 is 5.32 Å². The Balaban J connectivity index is 1.47. The highest BCUT2D eigenvalue weighted by atomic mass is 19.4. The summed E-state index contributed by atoms with van der Waals surface area (Å²) in [6.07, 6.45) is -0.131. The molecule has 0 bridgehead atoms. The molecule has 4 rings (SSSR count). The molecule has 0 saturated heterocycles. The third-order valence-electron chi connectivity index (χ3n) is 5.39. The van der Waals surface area contributed by atoms with Crippen LogP contribution in [0.25, 0.3) is 22.8 Å². The number of hydrogen-bond acceptors (Lipinski definition) is 8. The second kappa shape index (κ2) is 10.9. The molecule has 0 spiro atoms. The van der Waals surface area contributed by atoms with E-state index in [2.05, 4.69) is 29.9 Å². The van der Waals surface area contributed by atoms with Crippen molar-refractivity contribution in [2.24, 2.45) is 0 Å². The lowest BCUT2D eigenvalue weighted by Crippen LogP contribution is -2.30. The average molecular weight is 518 g/mol. The molecule has 0 aliphatic heterocycles. The Morgan fingerprint density at radius 3 is 2.54 bits per heavy atom. The van der Waals surface area contributed by atoms with Gasteiger partial charge in [-0.1, -0.05) is 5.16 Å². The predicted molar refractivity (Wildman–Crippen MR) is 123 cm³/mol. The zero-order valence-corrected chi connectivity index (χ0v) is 19.8. The summed E-state index contributed by atoms with van der Waals surface area (Å²) in [7, 11) is 3.84. The molecule has 3 aromatic heterocycles. The number of nitrogens with zero attached hydrogens (tertiary/aromatic N) is 5. The Hall–Kier alpha value is -4.13. The number of benzene rings is 1. The molecule has 0 aliphatic rings. The fraction of sp³-hybridized carbons (Fsp3) is 0.292. The van der Waals surface area contributed by atoms with Gasteiger partial charge < -0.3 is 19.2 Å². The first-order chi connectivity index (χ1) is 17.6. The van der Waals surface area contributed by atoms with E-state index in [1.807, 2.05) is 19.0 Å². The van der Waals surface area contributed by atoms with Crippen molar-refractivity contribution >= 4 is 5.91 Å². The van der Waals surface area contributed by atoms with Gasteiger partial charge in [-0.3, -0.25) is 9.78 Å². The van der Waals surface area contributed by atoms with Gasteiger partial charge in [-0.05, 0) is 57.4 Å². The minimum Gasteiger partial charge on any atom is -0.444 e. The standard InChI is InChI=1S/C24H22F4N6O3/c1-34(2)8-7-15(19-13-36-22(31-19)14-3-5-18(25)6-4-14)12-30-21(35)17-9-16(10-29-11-17)20-32-23(37-33-20)24(26,27)28/h3-6,9-11,13,15H,7-8,12H2,1-2H3,(H,30,35). The van der Waals surface area contributed by atoms with Crippen LogP contribution in [0, 0.1) is 5.82 Å². The molecule has 4 aromatic rings. The number of halogens is 4. The van der Waals surface area contributed by atoms with Gasteiger partial charge in [-0.25, -0.2) is 9.37 Å². The largest absolute Gasteiger partial charge is 0.471 e. The van der Waals surface area contributed by atoms with Gasteiger partial charge in [0.15, 0.2) is 0 Å². The molecule has 0 radical (unpaired) electrons. The summed E-state index contributed by atoms with van der Waals surface area (Å²) in [6.45, 7) is 0.905. The highest BCUT2D eigenvalue weighted by Crippen LogP contribution is 2.29. The summed E-state index contributed by atoms with van der Waals surface area (Å²) in [4.78, 5) is 26.6. The molecule has 9 nitrogen and oxygen atoms in total. The molecule has 1 unspecified atom stereocenters. The number of rotatable bonds is 9. The van der Waals surface area contributed by atoms with E-state index in [-0.39, 0.29) is 35.2 Å². The molecule has 194 valence electrons. The Morgan fingerprint density at radius 1 is 1.11 bits per heavy atom. The summed E-state index contributed by atoms with van der Waals surface area (Å²) < 4.78 is 61.4. The van der Waals surface area contributed by atoms with E-state index in [0.717, 1.165) is 0 Å². The van der Waals surface area contributed by atoms with Gasteiger partial charge in [0.05, 0.1) is 11.3 Å². The number of hydrogen-bond donors (Lipinski definition) is 1. The van der Waals surface area contributed by atoms with Crippen molar-refractivity contribution < 1.29 is 31.3 Å². The predicted octanol–water partition coefficient (Wildman–Crippen LogP) is 4.41. The lowest BCUT2D eigenvalue weighted by atomic mass is 10.0. The lowest BCUT2D eigenvalue weighted by molar-refractivity contribution is -0.159. The van der Waals surface area contributed by atoms with Crippen molar-refractivity contribution in [2.45, 2.75) is 18.5 Å². The smallest absolute Gasteiger partial charge is 0.444 e. The number of nitrogens with one attached hydrogen (secondary N) is 1. The fourth-order valence-corrected chi connectivity index (χ4v) is 3.43. The van der Waals surface area contributed by atoms with Crippen molar-refractivity contribution in [1.82, 2.24) is 30.3 Å². The van der Waals surface area contributed by atoms with Gasteiger partial charge >= 0.3 is 12.1 Å². The number of carbonyl (C=O) groups excluding carboxylic acids is 1. The SMILES string of the molecule is CN(C)CCC(CNC(=O)c1cncc(-c2noc(C(F)(F)F)n2)c1)c1coc(-c2ccc(F)cc2)n1. The van der Waals surface area contributed by atoms with E-state index in [4.69, 9.17) is 4.42 Å². The third-order valence-corrected chi connectivity index (χ3v) is 5.39. The average Bonchev–Trinajstić information content (AvgIpc) is 3.55. The summed E-state index contributed by atoms with van der Waals surface area (Å²) in [5.74, 6) is -2.59. The maximum Gasteiger partial charge on any atom is 0.471 e. The Morgan fingerprint density at radius 2 is 1.86 bits per heavy atom. The minimum atomic E-state index is -4.78. The van der Waals surface area contributed by atoms with E-state index >= 15 is 0 Å². The second-order valence-electron chi connectivity index (χ2n) is 8.47. The van der Waals surface area contributed by atoms with Gasteiger partial charge in [0.2, 0.25) is 11.7 Å². The first-order valence-corrected chi connectivity index (χ1v) is 11.1. The first kappa shape index (κ1) is 25.9. The van der Waals surface area contributed by atoms with E-state index in [1.54, 1.807) is 12.1 Å². The van der Waals surface area contributed by atoms with Crippen molar-refractivity contribution in [1.29, 1.82) is 0 Å². The lowest BCUT2D eigenvalue weighted by Gasteiger charge is -2.18. The molecule has 37 heavy (non-hydrogen) atoms. The monoisotopic (exact) mass is 518 g/mol. The van der Waals surface area contributed by atoms with E-state index in [1.165, 1.54) is 36.9 Å². The minimum absolute atomic E-state index is 0.0940. The van der Waals surface area contributed by atoms with E-state index < -0.39 is 18.0 Å². The molecule has 1 aromatic carbocycles. The van der Waals surface area contributed by atoms with Gasteiger partial charge in [0.1, 0.15) is 12.1 Å². The molecule has 1 amide bonds. The summed E-state index contributed by atoms with van der Waals surface area (Å²) in [5, 5.41) is 6.13. The Kier molecular flexibility index (Phi) is 7.62. The zero-order chi connectivity index (χ0) is 26.6. The van der Waals surface area contributed by atoms with Crippen LogP contribution in [-0.4, -0.2) is 58.1 Å². The Bertz CT molecular complexity index is 1350. The number of carbonyl (C=O) groups is 1. The van der Waals surface area contributed by atoms with Gasteiger partial charge in [0.25, 0.3) is 5.91 Å². The molecule has 1 atom stereocenters. The normalized spacial score (nSPS) is 12.6. The number of aromatic nitrogens is 4. The molecule has 3 heterocycles. The molecule has 0 saturated carbocycles. The van der Waals surface area contributed by atoms with Gasteiger partial charge in [0, 0.05) is 36.0 Å². The first-order valence-electron chi connectivity index (χ1n) is 11.1. The van der Waals surface area contributed by atoms with E-state index in [9.17, 15) is 22.4 Å². The van der Waals surface area contributed by atoms with Crippen LogP contribution in [-0.2, 0) is 6.18 Å². The highest BCUT2D eigenvalue weighted by Gasteiger charge is 2.38. The second-order valence-corrected chi connectivity index (χ2v) is 8.47. The maximum atomic E-state index is 13.2. The number of oxazole rings is 1. The number of alkyl halides is 3. The van der Waals surface area contributed by atoms with Crippen LogP contribution in [0.4, 0.5) is 17.6 Å². The van der Waals surface area contributed by atoms with Crippen LogP contribution >= 0.6 is 0 Å². The number of amides is 1. The van der Waals surface area contributed by atoms with Gasteiger partial charge in [-0.2, -0.15) is 18.2 Å². The molecular weight excluding hydrogens is 496 g/mol. The van der Waals surface area contributed by atoms with Crippen LogP contribution in [0.3, 0.4) is 0 Å². The fourth-order valence-electron chi connectivity index (χ4n) is 3.43. The Labute approximate surface area is 208 Å².